The van der Waals surface area contributed by atoms with Gasteiger partial charge in [-0.2, -0.15) is 4.98 Å². The molecule has 2 aromatic heterocycles. The smallest absolute Gasteiger partial charge is 0.263 e. The molecule has 4 atom stereocenters. The summed E-state index contributed by atoms with van der Waals surface area (Å²) in [4.78, 5) is 22.8. The highest BCUT2D eigenvalue weighted by atomic mass is 16.5. The fraction of sp³-hybridized carbons (Fsp3) is 0.700. The Kier molecular flexibility index (Phi) is 4.45. The topological polar surface area (TPSA) is 93.4 Å². The van der Waals surface area contributed by atoms with E-state index < -0.39 is 0 Å². The van der Waals surface area contributed by atoms with Crippen LogP contribution in [0.5, 0.6) is 0 Å². The molecule has 2 aliphatic carbocycles. The minimum absolute atomic E-state index is 0.0240. The largest absolute Gasteiger partial charge is 0.376 e. The number of carbonyl (C=O) groups excluding carboxylic acids is 1. The van der Waals surface area contributed by atoms with Gasteiger partial charge >= 0.3 is 0 Å². The number of hydrogen-bond acceptors (Lipinski definition) is 7. The number of ether oxygens (including phenoxy) is 1. The van der Waals surface area contributed by atoms with Gasteiger partial charge in [-0.15, -0.1) is 0 Å². The Bertz CT molecular complexity index is 880. The number of amides is 1. The minimum Gasteiger partial charge on any atom is -0.376 e. The van der Waals surface area contributed by atoms with Crippen molar-refractivity contribution in [2.24, 2.45) is 17.8 Å². The van der Waals surface area contributed by atoms with Gasteiger partial charge in [-0.05, 0) is 50.4 Å². The molecule has 2 aromatic rings. The number of hydrogen-bond donors (Lipinski definition) is 1. The summed E-state index contributed by atoms with van der Waals surface area (Å²) < 4.78 is 11.6. The molecule has 8 heteroatoms. The summed E-state index contributed by atoms with van der Waals surface area (Å²) in [6.07, 6.45) is 6.14. The molecule has 28 heavy (non-hydrogen) atoms. The van der Waals surface area contributed by atoms with Crippen LogP contribution in [0.2, 0.25) is 0 Å². The lowest BCUT2D eigenvalue weighted by Crippen LogP contribution is -2.50. The van der Waals surface area contributed by atoms with E-state index in [4.69, 9.17) is 9.26 Å². The molecule has 1 N–H and O–H groups in total. The molecule has 2 saturated carbocycles. The third kappa shape index (κ3) is 3.34. The quantitative estimate of drug-likeness (QED) is 0.842. The maximum atomic E-state index is 11.7. The second kappa shape index (κ2) is 6.99. The summed E-state index contributed by atoms with van der Waals surface area (Å²) in [5.41, 5.74) is 1.36. The Labute approximate surface area is 164 Å². The molecule has 150 valence electrons. The number of aromatic nitrogens is 3. The van der Waals surface area contributed by atoms with E-state index in [0.29, 0.717) is 17.5 Å². The summed E-state index contributed by atoms with van der Waals surface area (Å²) in [6.45, 7) is 6.21. The summed E-state index contributed by atoms with van der Waals surface area (Å²) in [5, 5.41) is 8.10. The summed E-state index contributed by atoms with van der Waals surface area (Å²) in [5.74, 6) is 2.71. The molecule has 5 rings (SSSR count). The summed E-state index contributed by atoms with van der Waals surface area (Å²) >= 11 is 0. The predicted octanol–water partition coefficient (Wildman–Crippen LogP) is 2.07. The first-order chi connectivity index (χ1) is 13.6. The van der Waals surface area contributed by atoms with Crippen molar-refractivity contribution in [2.75, 3.05) is 24.6 Å². The lowest BCUT2D eigenvalue weighted by molar-refractivity contribution is -0.122. The van der Waals surface area contributed by atoms with Crippen LogP contribution in [0, 0.1) is 24.7 Å². The van der Waals surface area contributed by atoms with E-state index in [0.717, 1.165) is 55.4 Å². The van der Waals surface area contributed by atoms with E-state index >= 15 is 0 Å². The van der Waals surface area contributed by atoms with Gasteiger partial charge in [0.2, 0.25) is 5.91 Å². The maximum absolute atomic E-state index is 11.7. The van der Waals surface area contributed by atoms with Gasteiger partial charge in [-0.3, -0.25) is 4.79 Å². The standard InChI is InChI=1S/C20H27N5O3/c1-11-18-19(21-10-22-20(18)28-24-11)25-7-14-5-16(23-12(2)26)17(6-15(14)8-25)27-9-13-3-4-13/h10,13-17H,3-9H2,1-2H3,(H,23,26)/t14-,15+,16-,17-/m1/s1. The van der Waals surface area contributed by atoms with Crippen LogP contribution in [0.4, 0.5) is 5.82 Å². The number of nitrogens with zero attached hydrogens (tertiary/aromatic N) is 4. The Balaban J connectivity index is 1.35. The maximum Gasteiger partial charge on any atom is 0.263 e. The SMILES string of the molecule is CC(=O)N[C@@H]1C[C@@H]2CN(c3ncnc4onc(C)c34)C[C@@H]2C[C@H]1OCC1CC1. The number of rotatable bonds is 5. The molecule has 3 fully saturated rings. The lowest BCUT2D eigenvalue weighted by atomic mass is 9.77. The van der Waals surface area contributed by atoms with Crippen molar-refractivity contribution < 1.29 is 14.1 Å². The van der Waals surface area contributed by atoms with Crippen LogP contribution in [0.3, 0.4) is 0 Å². The summed E-state index contributed by atoms with van der Waals surface area (Å²) in [6, 6.07) is 0.0974. The van der Waals surface area contributed by atoms with E-state index in [2.05, 4.69) is 25.3 Å². The molecular formula is C20H27N5O3. The van der Waals surface area contributed by atoms with Crippen molar-refractivity contribution in [1.29, 1.82) is 0 Å². The minimum atomic E-state index is 0.0240. The highest BCUT2D eigenvalue weighted by Crippen LogP contribution is 2.41. The highest BCUT2D eigenvalue weighted by Gasteiger charge is 2.44. The van der Waals surface area contributed by atoms with Gasteiger partial charge in [0.25, 0.3) is 5.71 Å². The number of nitrogens with one attached hydrogen (secondary N) is 1. The van der Waals surface area contributed by atoms with Gasteiger partial charge in [-0.1, -0.05) is 5.16 Å². The molecular weight excluding hydrogens is 358 g/mol. The third-order valence-electron chi connectivity index (χ3n) is 6.47. The zero-order valence-corrected chi connectivity index (χ0v) is 16.4. The Morgan fingerprint density at radius 3 is 2.82 bits per heavy atom. The van der Waals surface area contributed by atoms with E-state index in [1.807, 2.05) is 6.92 Å². The second-order valence-electron chi connectivity index (χ2n) is 8.66. The summed E-state index contributed by atoms with van der Waals surface area (Å²) in [7, 11) is 0. The van der Waals surface area contributed by atoms with Crippen molar-refractivity contribution in [2.45, 2.75) is 51.7 Å². The highest BCUT2D eigenvalue weighted by molar-refractivity contribution is 5.88. The normalized spacial score (nSPS) is 29.9. The molecule has 0 unspecified atom stereocenters. The molecule has 0 radical (unpaired) electrons. The number of aryl methyl sites for hydroxylation is 1. The molecule has 0 aromatic carbocycles. The van der Waals surface area contributed by atoms with E-state index in [1.165, 1.54) is 12.8 Å². The van der Waals surface area contributed by atoms with Crippen LogP contribution < -0.4 is 10.2 Å². The van der Waals surface area contributed by atoms with Crippen LogP contribution in [0.1, 0.15) is 38.3 Å². The van der Waals surface area contributed by atoms with E-state index in [-0.39, 0.29) is 18.1 Å². The third-order valence-corrected chi connectivity index (χ3v) is 6.47. The van der Waals surface area contributed by atoms with Crippen LogP contribution in [0.25, 0.3) is 11.1 Å². The van der Waals surface area contributed by atoms with Crippen molar-refractivity contribution in [3.05, 3.63) is 12.0 Å². The first kappa shape index (κ1) is 17.8. The van der Waals surface area contributed by atoms with Crippen LogP contribution in [0.15, 0.2) is 10.9 Å². The molecule has 3 heterocycles. The fourth-order valence-corrected chi connectivity index (χ4v) is 4.87. The average Bonchev–Trinajstić information content (AvgIpc) is 3.29. The molecule has 0 bridgehead atoms. The van der Waals surface area contributed by atoms with Gasteiger partial charge in [0, 0.05) is 26.6 Å². The molecule has 1 saturated heterocycles. The van der Waals surface area contributed by atoms with Crippen LogP contribution >= 0.6 is 0 Å². The molecule has 3 aliphatic rings. The van der Waals surface area contributed by atoms with E-state index in [9.17, 15) is 4.79 Å². The molecule has 1 aliphatic heterocycles. The molecule has 0 spiro atoms. The van der Waals surface area contributed by atoms with Crippen molar-refractivity contribution in [1.82, 2.24) is 20.4 Å². The van der Waals surface area contributed by atoms with Crippen LogP contribution in [-0.4, -0.2) is 52.9 Å². The second-order valence-corrected chi connectivity index (χ2v) is 8.66. The number of anilines is 1. The van der Waals surface area contributed by atoms with Gasteiger partial charge < -0.3 is 19.5 Å². The van der Waals surface area contributed by atoms with Gasteiger partial charge in [-0.25, -0.2) is 4.98 Å². The monoisotopic (exact) mass is 385 g/mol. The molecule has 8 nitrogen and oxygen atoms in total. The molecule has 1 amide bonds. The average molecular weight is 385 g/mol. The Morgan fingerprint density at radius 2 is 2.07 bits per heavy atom. The first-order valence-corrected chi connectivity index (χ1v) is 10.3. The Morgan fingerprint density at radius 1 is 1.29 bits per heavy atom. The van der Waals surface area contributed by atoms with Crippen LogP contribution in [-0.2, 0) is 9.53 Å². The zero-order valence-electron chi connectivity index (χ0n) is 16.4. The van der Waals surface area contributed by atoms with Gasteiger partial charge in [0.15, 0.2) is 0 Å². The number of fused-ring (bicyclic) bond motifs is 2. The fourth-order valence-electron chi connectivity index (χ4n) is 4.87. The van der Waals surface area contributed by atoms with Gasteiger partial charge in [0.05, 0.1) is 17.8 Å². The van der Waals surface area contributed by atoms with Crippen molar-refractivity contribution in [3.8, 4) is 0 Å². The first-order valence-electron chi connectivity index (χ1n) is 10.3. The number of carbonyl (C=O) groups is 1. The predicted molar refractivity (Wildman–Crippen MR) is 103 cm³/mol. The van der Waals surface area contributed by atoms with Crippen molar-refractivity contribution in [3.63, 3.8) is 0 Å². The van der Waals surface area contributed by atoms with Crippen molar-refractivity contribution >= 4 is 22.8 Å². The zero-order chi connectivity index (χ0) is 19.3. The Hall–Kier alpha value is -2.22. The lowest BCUT2D eigenvalue weighted by Gasteiger charge is -2.38. The van der Waals surface area contributed by atoms with E-state index in [1.54, 1.807) is 13.3 Å². The van der Waals surface area contributed by atoms with Gasteiger partial charge in [0.1, 0.15) is 17.5 Å².